The smallest absolute Gasteiger partial charge is 0.290 e. The summed E-state index contributed by atoms with van der Waals surface area (Å²) in [5, 5.41) is 10.8. The maximum absolute atomic E-state index is 13.1. The lowest BCUT2D eigenvalue weighted by atomic mass is 9.93. The Balaban J connectivity index is 1.83. The van der Waals surface area contributed by atoms with Gasteiger partial charge >= 0.3 is 0 Å². The van der Waals surface area contributed by atoms with Crippen LogP contribution in [0.5, 0.6) is 5.75 Å². The van der Waals surface area contributed by atoms with Gasteiger partial charge in [-0.25, -0.2) is 0 Å². The first-order valence-electron chi connectivity index (χ1n) is 9.27. The Labute approximate surface area is 178 Å². The van der Waals surface area contributed by atoms with E-state index in [-0.39, 0.29) is 11.7 Å². The topological polar surface area (TPSA) is 49.8 Å². The Kier molecular flexibility index (Phi) is 5.41. The maximum atomic E-state index is 13.1. The fraction of sp³-hybridized carbons (Fsp3) is 0.125. The molecule has 1 N–H and O–H groups in total. The van der Waals surface area contributed by atoms with Crippen LogP contribution in [0.4, 0.5) is 0 Å². The highest BCUT2D eigenvalue weighted by Crippen LogP contribution is 2.44. The van der Waals surface area contributed by atoms with Crippen molar-refractivity contribution < 1.29 is 14.6 Å². The number of aliphatic hydroxyl groups excluding tert-OH is 1. The number of aliphatic hydroxyl groups is 1. The summed E-state index contributed by atoms with van der Waals surface area (Å²) >= 11 is 3.52. The SMILES string of the molecule is COc1ccccc1CN1C(=O)C(O)=C(c2ccccc2)[C@H]1c1cccc(Br)c1. The molecule has 0 aromatic heterocycles. The van der Waals surface area contributed by atoms with Crippen LogP contribution < -0.4 is 4.74 Å². The number of amides is 1. The average molecular weight is 450 g/mol. The van der Waals surface area contributed by atoms with E-state index >= 15 is 0 Å². The van der Waals surface area contributed by atoms with E-state index in [1.54, 1.807) is 12.0 Å². The summed E-state index contributed by atoms with van der Waals surface area (Å²) in [6, 6.07) is 24.6. The zero-order valence-electron chi connectivity index (χ0n) is 15.9. The van der Waals surface area contributed by atoms with Gasteiger partial charge in [-0.15, -0.1) is 0 Å². The van der Waals surface area contributed by atoms with Crippen molar-refractivity contribution in [2.75, 3.05) is 7.11 Å². The van der Waals surface area contributed by atoms with E-state index < -0.39 is 6.04 Å². The van der Waals surface area contributed by atoms with E-state index in [2.05, 4.69) is 15.9 Å². The number of halogens is 1. The molecule has 1 atom stereocenters. The molecule has 4 rings (SSSR count). The van der Waals surface area contributed by atoms with Crippen molar-refractivity contribution in [3.8, 4) is 5.75 Å². The summed E-state index contributed by atoms with van der Waals surface area (Å²) in [4.78, 5) is 14.8. The van der Waals surface area contributed by atoms with Crippen LogP contribution in [0.25, 0.3) is 5.57 Å². The van der Waals surface area contributed by atoms with Gasteiger partial charge < -0.3 is 14.7 Å². The molecule has 29 heavy (non-hydrogen) atoms. The molecular formula is C24H20BrNO3. The molecule has 0 spiro atoms. The molecular weight excluding hydrogens is 430 g/mol. The van der Waals surface area contributed by atoms with Crippen LogP contribution in [0, 0.1) is 0 Å². The largest absolute Gasteiger partial charge is 0.503 e. The lowest BCUT2D eigenvalue weighted by Crippen LogP contribution is -2.30. The highest BCUT2D eigenvalue weighted by atomic mass is 79.9. The molecule has 0 aliphatic carbocycles. The van der Waals surface area contributed by atoms with Gasteiger partial charge in [0.05, 0.1) is 19.7 Å². The van der Waals surface area contributed by atoms with Crippen LogP contribution in [0.3, 0.4) is 0 Å². The van der Waals surface area contributed by atoms with E-state index in [0.29, 0.717) is 17.9 Å². The van der Waals surface area contributed by atoms with E-state index in [0.717, 1.165) is 21.2 Å². The van der Waals surface area contributed by atoms with Gasteiger partial charge in [0, 0.05) is 15.6 Å². The Morgan fingerprint density at radius 1 is 1.00 bits per heavy atom. The van der Waals surface area contributed by atoms with Gasteiger partial charge in [0.25, 0.3) is 5.91 Å². The Morgan fingerprint density at radius 2 is 1.72 bits per heavy atom. The van der Waals surface area contributed by atoms with Crippen LogP contribution in [0.1, 0.15) is 22.7 Å². The molecule has 0 radical (unpaired) electrons. The minimum absolute atomic E-state index is 0.212. The zero-order chi connectivity index (χ0) is 20.4. The third-order valence-corrected chi connectivity index (χ3v) is 5.58. The Morgan fingerprint density at radius 3 is 2.45 bits per heavy atom. The van der Waals surface area contributed by atoms with Crippen molar-refractivity contribution in [3.63, 3.8) is 0 Å². The van der Waals surface area contributed by atoms with Crippen molar-refractivity contribution in [2.24, 2.45) is 0 Å². The standard InChI is InChI=1S/C24H20BrNO3/c1-29-20-13-6-5-10-18(20)15-26-22(17-11-7-12-19(25)14-17)21(23(27)24(26)28)16-8-3-2-4-9-16/h2-14,22,27H,15H2,1H3/t22-/m1/s1. The fourth-order valence-electron chi connectivity index (χ4n) is 3.77. The molecule has 1 heterocycles. The number of hydrogen-bond donors (Lipinski definition) is 1. The molecule has 0 bridgehead atoms. The minimum Gasteiger partial charge on any atom is -0.503 e. The Bertz CT molecular complexity index is 1080. The molecule has 0 fully saturated rings. The second-order valence-corrected chi connectivity index (χ2v) is 7.75. The molecule has 1 aliphatic heterocycles. The summed E-state index contributed by atoms with van der Waals surface area (Å²) in [6.45, 7) is 0.320. The first-order valence-corrected chi connectivity index (χ1v) is 10.1. The number of rotatable bonds is 5. The number of carbonyl (C=O) groups excluding carboxylic acids is 1. The zero-order valence-corrected chi connectivity index (χ0v) is 17.5. The van der Waals surface area contributed by atoms with Crippen LogP contribution in [0.15, 0.2) is 89.1 Å². The summed E-state index contributed by atoms with van der Waals surface area (Å²) in [5.41, 5.74) is 3.24. The molecule has 4 nitrogen and oxygen atoms in total. The van der Waals surface area contributed by atoms with E-state index in [9.17, 15) is 9.90 Å². The van der Waals surface area contributed by atoms with Crippen LogP contribution in [0.2, 0.25) is 0 Å². The molecule has 0 saturated carbocycles. The lowest BCUT2D eigenvalue weighted by molar-refractivity contribution is -0.130. The molecule has 1 aliphatic rings. The second kappa shape index (κ2) is 8.13. The summed E-state index contributed by atoms with van der Waals surface area (Å²) in [5.74, 6) is 0.108. The van der Waals surface area contributed by atoms with Gasteiger partial charge in [-0.2, -0.15) is 0 Å². The highest BCUT2D eigenvalue weighted by molar-refractivity contribution is 9.10. The summed E-state index contributed by atoms with van der Waals surface area (Å²) in [7, 11) is 1.61. The minimum atomic E-state index is -0.410. The number of nitrogens with zero attached hydrogens (tertiary/aromatic N) is 1. The summed E-state index contributed by atoms with van der Waals surface area (Å²) in [6.07, 6.45) is 0. The molecule has 3 aromatic rings. The van der Waals surface area contributed by atoms with Gasteiger partial charge in [0.2, 0.25) is 0 Å². The quantitative estimate of drug-likeness (QED) is 0.558. The number of carbonyl (C=O) groups is 1. The number of para-hydroxylation sites is 1. The number of ether oxygens (including phenoxy) is 1. The van der Waals surface area contributed by atoms with Gasteiger partial charge in [-0.05, 0) is 29.3 Å². The molecule has 1 amide bonds. The molecule has 5 heteroatoms. The van der Waals surface area contributed by atoms with Gasteiger partial charge in [-0.3, -0.25) is 4.79 Å². The van der Waals surface area contributed by atoms with Crippen molar-refractivity contribution >= 4 is 27.4 Å². The number of benzene rings is 3. The van der Waals surface area contributed by atoms with Gasteiger partial charge in [0.15, 0.2) is 5.76 Å². The normalized spacial score (nSPS) is 16.4. The van der Waals surface area contributed by atoms with Crippen LogP contribution in [-0.4, -0.2) is 23.0 Å². The van der Waals surface area contributed by atoms with E-state index in [4.69, 9.17) is 4.74 Å². The number of methoxy groups -OCH3 is 1. The molecule has 0 saturated heterocycles. The van der Waals surface area contributed by atoms with E-state index in [1.807, 2.05) is 78.9 Å². The highest BCUT2D eigenvalue weighted by Gasteiger charge is 2.41. The van der Waals surface area contributed by atoms with Crippen molar-refractivity contribution in [1.29, 1.82) is 0 Å². The van der Waals surface area contributed by atoms with Gasteiger partial charge in [0.1, 0.15) is 5.75 Å². The van der Waals surface area contributed by atoms with Crippen molar-refractivity contribution in [2.45, 2.75) is 12.6 Å². The molecule has 3 aromatic carbocycles. The molecule has 146 valence electrons. The van der Waals surface area contributed by atoms with E-state index in [1.165, 1.54) is 0 Å². The lowest BCUT2D eigenvalue weighted by Gasteiger charge is -2.28. The number of hydrogen-bond acceptors (Lipinski definition) is 3. The predicted molar refractivity (Wildman–Crippen MR) is 116 cm³/mol. The predicted octanol–water partition coefficient (Wildman–Crippen LogP) is 5.51. The molecule has 0 unspecified atom stereocenters. The fourth-order valence-corrected chi connectivity index (χ4v) is 4.19. The average Bonchev–Trinajstić information content (AvgIpc) is 3.00. The maximum Gasteiger partial charge on any atom is 0.290 e. The van der Waals surface area contributed by atoms with Crippen LogP contribution >= 0.6 is 15.9 Å². The first-order chi connectivity index (χ1) is 14.1. The van der Waals surface area contributed by atoms with Gasteiger partial charge in [-0.1, -0.05) is 76.6 Å². The van der Waals surface area contributed by atoms with Crippen molar-refractivity contribution in [1.82, 2.24) is 4.90 Å². The van der Waals surface area contributed by atoms with Crippen LogP contribution in [-0.2, 0) is 11.3 Å². The third-order valence-electron chi connectivity index (χ3n) is 5.09. The second-order valence-electron chi connectivity index (χ2n) is 6.83. The summed E-state index contributed by atoms with van der Waals surface area (Å²) < 4.78 is 6.38. The first kappa shape index (κ1) is 19.3. The Hall–Kier alpha value is -3.05. The monoisotopic (exact) mass is 449 g/mol. The van der Waals surface area contributed by atoms with Crippen molar-refractivity contribution in [3.05, 3.63) is 106 Å². The third kappa shape index (κ3) is 3.66.